The van der Waals surface area contributed by atoms with Crippen molar-refractivity contribution in [2.45, 2.75) is 53.6 Å². The minimum atomic E-state index is -0.311. The average Bonchev–Trinajstić information content (AvgIpc) is 2.67. The first-order valence-corrected chi connectivity index (χ1v) is 10.3. The summed E-state index contributed by atoms with van der Waals surface area (Å²) in [6, 6.07) is 0. The van der Waals surface area contributed by atoms with Crippen LogP contribution in [0, 0.1) is 11.3 Å². The smallest absolute Gasteiger partial charge is 0.0791 e. The summed E-state index contributed by atoms with van der Waals surface area (Å²) in [6.45, 7) is 14.1. The second kappa shape index (κ2) is 15.7. The SMILES string of the molecule is C=C/C=N/NNC=CC=S.CC1=CC(C(C)(C)C)C(O)C=C1.CC1=CC=CCC1. The Labute approximate surface area is 182 Å². The van der Waals surface area contributed by atoms with E-state index < -0.39 is 0 Å². The minimum Gasteiger partial charge on any atom is -0.388 e. The van der Waals surface area contributed by atoms with Gasteiger partial charge in [-0.2, -0.15) is 5.10 Å². The number of hydrazone groups is 1. The van der Waals surface area contributed by atoms with Crippen LogP contribution in [0.5, 0.6) is 0 Å². The number of aliphatic hydroxyl groups is 1. The molecular formula is C24H37N3OS. The van der Waals surface area contributed by atoms with E-state index in [4.69, 9.17) is 0 Å². The summed E-state index contributed by atoms with van der Waals surface area (Å²) < 4.78 is 0. The van der Waals surface area contributed by atoms with Crippen LogP contribution < -0.4 is 11.0 Å². The highest BCUT2D eigenvalue weighted by Gasteiger charge is 2.29. The van der Waals surface area contributed by atoms with E-state index in [1.54, 1.807) is 18.4 Å². The van der Waals surface area contributed by atoms with E-state index >= 15 is 0 Å². The van der Waals surface area contributed by atoms with E-state index in [-0.39, 0.29) is 17.4 Å². The van der Waals surface area contributed by atoms with Crippen LogP contribution in [0.3, 0.4) is 0 Å². The summed E-state index contributed by atoms with van der Waals surface area (Å²) in [5.74, 6) is 0.252. The van der Waals surface area contributed by atoms with Crippen LogP contribution in [0.4, 0.5) is 0 Å². The van der Waals surface area contributed by atoms with Crippen molar-refractivity contribution in [1.29, 1.82) is 0 Å². The molecular weight excluding hydrogens is 378 g/mol. The molecule has 0 amide bonds. The first kappa shape index (κ1) is 26.8. The second-order valence-electron chi connectivity index (χ2n) is 7.90. The Morgan fingerprint density at radius 1 is 1.31 bits per heavy atom. The van der Waals surface area contributed by atoms with E-state index in [2.05, 4.69) is 93.8 Å². The number of thiocarbonyl (C=S) groups is 1. The van der Waals surface area contributed by atoms with Gasteiger partial charge in [-0.05, 0) is 44.3 Å². The van der Waals surface area contributed by atoms with Crippen LogP contribution in [-0.4, -0.2) is 22.8 Å². The minimum absolute atomic E-state index is 0.144. The average molecular weight is 416 g/mol. The summed E-state index contributed by atoms with van der Waals surface area (Å²) >= 11 is 4.52. The van der Waals surface area contributed by atoms with Crippen molar-refractivity contribution >= 4 is 23.8 Å². The summed E-state index contributed by atoms with van der Waals surface area (Å²) in [5, 5.41) is 14.8. The molecule has 0 saturated carbocycles. The Kier molecular flexibility index (Phi) is 14.4. The summed E-state index contributed by atoms with van der Waals surface area (Å²) in [4.78, 5) is 0. The molecule has 2 aliphatic carbocycles. The molecule has 2 rings (SSSR count). The fraction of sp³-hybridized carbons (Fsp3) is 0.417. The van der Waals surface area contributed by atoms with Gasteiger partial charge in [0.1, 0.15) is 0 Å². The number of nitrogens with zero attached hydrogens (tertiary/aromatic N) is 1. The lowest BCUT2D eigenvalue weighted by molar-refractivity contribution is 0.106. The number of aliphatic hydroxyl groups excluding tert-OH is 1. The van der Waals surface area contributed by atoms with Crippen LogP contribution in [0.1, 0.15) is 47.5 Å². The van der Waals surface area contributed by atoms with Gasteiger partial charge in [0.25, 0.3) is 0 Å². The van der Waals surface area contributed by atoms with Gasteiger partial charge in [0, 0.05) is 23.7 Å². The molecule has 0 aromatic carbocycles. The van der Waals surface area contributed by atoms with E-state index in [1.807, 2.05) is 12.2 Å². The molecule has 4 nitrogen and oxygen atoms in total. The summed E-state index contributed by atoms with van der Waals surface area (Å²) in [7, 11) is 0. The molecule has 5 heteroatoms. The topological polar surface area (TPSA) is 56.7 Å². The van der Waals surface area contributed by atoms with Gasteiger partial charge >= 0.3 is 0 Å². The largest absolute Gasteiger partial charge is 0.388 e. The third-order valence-electron chi connectivity index (χ3n) is 4.16. The number of rotatable bonds is 5. The van der Waals surface area contributed by atoms with Crippen molar-refractivity contribution in [3.63, 3.8) is 0 Å². The maximum Gasteiger partial charge on any atom is 0.0791 e. The zero-order valence-electron chi connectivity index (χ0n) is 18.4. The maximum atomic E-state index is 9.69. The van der Waals surface area contributed by atoms with Gasteiger partial charge in [0.2, 0.25) is 0 Å². The molecule has 160 valence electrons. The standard InChI is InChI=1S/C11H18O.C7H10.C6H9N3S/c1-8-5-6-10(12)9(7-8)11(2,3)4;1-7-5-3-2-4-6-7;1-2-4-7-9-8-5-3-6-10/h5-7,9-10,12H,1-4H3;2-3,5H,4,6H2,1H3;2-6,8-9H,1H2/b;;5-3?,7-4+. The normalized spacial score (nSPS) is 20.6. The fourth-order valence-electron chi connectivity index (χ4n) is 2.54. The zero-order chi connectivity index (χ0) is 22.1. The van der Waals surface area contributed by atoms with E-state index in [9.17, 15) is 5.11 Å². The van der Waals surface area contributed by atoms with Crippen LogP contribution in [0.2, 0.25) is 0 Å². The van der Waals surface area contributed by atoms with E-state index in [0.717, 1.165) is 0 Å². The van der Waals surface area contributed by atoms with Gasteiger partial charge in [0.05, 0.1) is 6.10 Å². The van der Waals surface area contributed by atoms with Gasteiger partial charge in [-0.25, -0.2) is 5.53 Å². The molecule has 0 heterocycles. The number of nitrogens with one attached hydrogen (secondary N) is 2. The van der Waals surface area contributed by atoms with Crippen LogP contribution >= 0.6 is 12.2 Å². The number of hydrazine groups is 1. The van der Waals surface area contributed by atoms with Crippen LogP contribution in [-0.2, 0) is 0 Å². The summed E-state index contributed by atoms with van der Waals surface area (Å²) in [6.07, 6.45) is 21.1. The maximum absolute atomic E-state index is 9.69. The second-order valence-corrected chi connectivity index (χ2v) is 8.17. The van der Waals surface area contributed by atoms with Gasteiger partial charge in [0.15, 0.2) is 0 Å². The molecule has 2 unspecified atom stereocenters. The predicted molar refractivity (Wildman–Crippen MR) is 132 cm³/mol. The molecule has 0 aromatic rings. The highest BCUT2D eigenvalue weighted by Crippen LogP contribution is 2.33. The Hall–Kier alpha value is -2.24. The zero-order valence-corrected chi connectivity index (χ0v) is 19.2. The number of allylic oxidation sites excluding steroid dienone is 8. The van der Waals surface area contributed by atoms with Gasteiger partial charge in [-0.3, -0.25) is 5.43 Å². The van der Waals surface area contributed by atoms with E-state index in [0.29, 0.717) is 0 Å². The molecule has 0 aliphatic heterocycles. The lowest BCUT2D eigenvalue weighted by Gasteiger charge is -2.33. The molecule has 0 spiro atoms. The molecule has 3 N–H and O–H groups in total. The molecule has 2 aliphatic rings. The third kappa shape index (κ3) is 14.4. The van der Waals surface area contributed by atoms with E-state index in [1.165, 1.54) is 35.6 Å². The fourth-order valence-corrected chi connectivity index (χ4v) is 2.62. The van der Waals surface area contributed by atoms with Gasteiger partial charge < -0.3 is 5.11 Å². The number of hydrogen-bond donors (Lipinski definition) is 3. The first-order valence-electron chi connectivity index (χ1n) is 9.84. The van der Waals surface area contributed by atoms with Crippen LogP contribution in [0.25, 0.3) is 0 Å². The Balaban J connectivity index is 0.000000419. The summed E-state index contributed by atoms with van der Waals surface area (Å²) in [5.41, 5.74) is 8.06. The van der Waals surface area contributed by atoms with Crippen molar-refractivity contribution in [1.82, 2.24) is 11.0 Å². The lowest BCUT2D eigenvalue weighted by atomic mass is 9.75. The molecule has 0 saturated heterocycles. The molecule has 29 heavy (non-hydrogen) atoms. The van der Waals surface area contributed by atoms with Crippen molar-refractivity contribution in [2.75, 3.05) is 0 Å². The molecule has 0 radical (unpaired) electrons. The van der Waals surface area contributed by atoms with Crippen molar-refractivity contribution in [2.24, 2.45) is 16.4 Å². The van der Waals surface area contributed by atoms with Crippen molar-refractivity contribution in [3.8, 4) is 0 Å². The molecule has 0 fully saturated rings. The monoisotopic (exact) mass is 415 g/mol. The van der Waals surface area contributed by atoms with Gasteiger partial charge in [-0.1, -0.05) is 87.2 Å². The molecule has 0 aromatic heterocycles. The van der Waals surface area contributed by atoms with Crippen molar-refractivity contribution < 1.29 is 5.11 Å². The number of hydrogen-bond acceptors (Lipinski definition) is 5. The van der Waals surface area contributed by atoms with Crippen LogP contribution in [0.15, 0.2) is 77.6 Å². The highest BCUT2D eigenvalue weighted by atomic mass is 32.1. The lowest BCUT2D eigenvalue weighted by Crippen LogP contribution is -2.30. The van der Waals surface area contributed by atoms with Gasteiger partial charge in [-0.15, -0.1) is 0 Å². The Morgan fingerprint density at radius 3 is 2.48 bits per heavy atom. The Bertz CT molecular complexity index is 646. The highest BCUT2D eigenvalue weighted by molar-refractivity contribution is 7.79. The molecule has 2 atom stereocenters. The van der Waals surface area contributed by atoms with Crippen molar-refractivity contribution in [3.05, 3.63) is 72.5 Å². The first-order chi connectivity index (χ1) is 13.7. The third-order valence-corrected chi connectivity index (χ3v) is 4.31. The quantitative estimate of drug-likeness (QED) is 0.180. The predicted octanol–water partition coefficient (Wildman–Crippen LogP) is 5.57. The Morgan fingerprint density at radius 2 is 2.03 bits per heavy atom. The molecule has 0 bridgehead atoms.